The van der Waals surface area contributed by atoms with Crippen molar-refractivity contribution >= 4 is 5.91 Å². The van der Waals surface area contributed by atoms with Crippen molar-refractivity contribution in [3.05, 3.63) is 0 Å². The molecule has 4 heteroatoms. The molecule has 0 spiro atoms. The van der Waals surface area contributed by atoms with E-state index in [2.05, 4.69) is 24.1 Å². The predicted molar refractivity (Wildman–Crippen MR) is 71.3 cm³/mol. The standard InChI is InChI=1S/C14H26N2O2/c1-11-6-12(2)8-16(7-11)13(17)14(10-18-3)4-5-15-9-14/h11-12,15H,4-10H2,1-3H3. The molecule has 3 atom stereocenters. The molecule has 0 aromatic rings. The van der Waals surface area contributed by atoms with Crippen LogP contribution in [0.1, 0.15) is 26.7 Å². The molecule has 2 rings (SSSR count). The lowest BCUT2D eigenvalue weighted by molar-refractivity contribution is -0.147. The molecular formula is C14H26N2O2. The fourth-order valence-electron chi connectivity index (χ4n) is 3.55. The fraction of sp³-hybridized carbons (Fsp3) is 0.929. The van der Waals surface area contributed by atoms with Gasteiger partial charge in [0.05, 0.1) is 12.0 Å². The molecule has 0 aliphatic carbocycles. The van der Waals surface area contributed by atoms with Crippen LogP contribution in [-0.2, 0) is 9.53 Å². The predicted octanol–water partition coefficient (Wildman–Crippen LogP) is 1.12. The van der Waals surface area contributed by atoms with Gasteiger partial charge < -0.3 is 15.0 Å². The van der Waals surface area contributed by atoms with Crippen molar-refractivity contribution < 1.29 is 9.53 Å². The summed E-state index contributed by atoms with van der Waals surface area (Å²) in [5.74, 6) is 1.53. The molecule has 18 heavy (non-hydrogen) atoms. The summed E-state index contributed by atoms with van der Waals surface area (Å²) >= 11 is 0. The molecule has 1 N–H and O–H groups in total. The van der Waals surface area contributed by atoms with E-state index >= 15 is 0 Å². The molecular weight excluding hydrogens is 228 g/mol. The van der Waals surface area contributed by atoms with Crippen molar-refractivity contribution in [3.63, 3.8) is 0 Å². The first-order chi connectivity index (χ1) is 8.57. The largest absolute Gasteiger partial charge is 0.384 e. The van der Waals surface area contributed by atoms with Crippen LogP contribution in [-0.4, -0.2) is 50.7 Å². The van der Waals surface area contributed by atoms with Gasteiger partial charge in [-0.1, -0.05) is 13.8 Å². The summed E-state index contributed by atoms with van der Waals surface area (Å²) in [6.07, 6.45) is 2.14. The van der Waals surface area contributed by atoms with Gasteiger partial charge in [0.15, 0.2) is 0 Å². The molecule has 2 aliphatic heterocycles. The van der Waals surface area contributed by atoms with E-state index in [1.165, 1.54) is 6.42 Å². The van der Waals surface area contributed by atoms with Crippen LogP contribution in [0, 0.1) is 17.3 Å². The smallest absolute Gasteiger partial charge is 0.232 e. The Balaban J connectivity index is 2.08. The number of hydrogen-bond acceptors (Lipinski definition) is 3. The van der Waals surface area contributed by atoms with Gasteiger partial charge in [-0.3, -0.25) is 4.79 Å². The average molecular weight is 254 g/mol. The number of carbonyl (C=O) groups is 1. The topological polar surface area (TPSA) is 41.6 Å². The van der Waals surface area contributed by atoms with Gasteiger partial charge in [-0.15, -0.1) is 0 Å². The zero-order valence-corrected chi connectivity index (χ0v) is 11.9. The maximum absolute atomic E-state index is 12.8. The molecule has 0 radical (unpaired) electrons. The fourth-order valence-corrected chi connectivity index (χ4v) is 3.55. The number of piperidine rings is 1. The lowest BCUT2D eigenvalue weighted by Gasteiger charge is -2.40. The first-order valence-electron chi connectivity index (χ1n) is 7.06. The summed E-state index contributed by atoms with van der Waals surface area (Å²) < 4.78 is 5.31. The summed E-state index contributed by atoms with van der Waals surface area (Å²) in [7, 11) is 1.69. The molecule has 3 unspecified atom stereocenters. The van der Waals surface area contributed by atoms with E-state index in [-0.39, 0.29) is 5.41 Å². The summed E-state index contributed by atoms with van der Waals surface area (Å²) in [4.78, 5) is 14.9. The van der Waals surface area contributed by atoms with E-state index in [0.717, 1.165) is 32.6 Å². The number of nitrogens with one attached hydrogen (secondary N) is 1. The number of nitrogens with zero attached hydrogens (tertiary/aromatic N) is 1. The molecule has 1 amide bonds. The SMILES string of the molecule is COCC1(C(=O)N2CC(C)CC(C)C2)CCNC1. The highest BCUT2D eigenvalue weighted by Gasteiger charge is 2.44. The van der Waals surface area contributed by atoms with Crippen LogP contribution in [0.15, 0.2) is 0 Å². The number of amides is 1. The minimum atomic E-state index is -0.314. The number of likely N-dealkylation sites (tertiary alicyclic amines) is 1. The summed E-state index contributed by atoms with van der Waals surface area (Å²) in [5, 5.41) is 3.31. The van der Waals surface area contributed by atoms with Crippen LogP contribution in [0.25, 0.3) is 0 Å². The van der Waals surface area contributed by atoms with Gasteiger partial charge in [0.2, 0.25) is 5.91 Å². The highest BCUT2D eigenvalue weighted by molar-refractivity contribution is 5.83. The zero-order chi connectivity index (χ0) is 13.2. The molecule has 0 aromatic carbocycles. The Labute approximate surface area is 110 Å². The molecule has 4 nitrogen and oxygen atoms in total. The first kappa shape index (κ1) is 13.8. The molecule has 2 aliphatic rings. The van der Waals surface area contributed by atoms with Crippen LogP contribution in [0.5, 0.6) is 0 Å². The summed E-state index contributed by atoms with van der Waals surface area (Å²) in [6, 6.07) is 0. The van der Waals surface area contributed by atoms with E-state index in [9.17, 15) is 4.79 Å². The van der Waals surface area contributed by atoms with Crippen LogP contribution in [0.2, 0.25) is 0 Å². The zero-order valence-electron chi connectivity index (χ0n) is 11.9. The second-order valence-corrected chi connectivity index (χ2v) is 6.30. The number of carbonyl (C=O) groups excluding carboxylic acids is 1. The van der Waals surface area contributed by atoms with Crippen molar-refractivity contribution in [2.75, 3.05) is 39.9 Å². The number of hydrogen-bond donors (Lipinski definition) is 1. The van der Waals surface area contributed by atoms with Crippen LogP contribution in [0.3, 0.4) is 0 Å². The number of methoxy groups -OCH3 is 1. The van der Waals surface area contributed by atoms with Gasteiger partial charge in [-0.05, 0) is 31.2 Å². The molecule has 2 saturated heterocycles. The Kier molecular flexibility index (Phi) is 4.28. The van der Waals surface area contributed by atoms with Gasteiger partial charge >= 0.3 is 0 Å². The maximum atomic E-state index is 12.8. The molecule has 2 heterocycles. The Morgan fingerprint density at radius 1 is 1.39 bits per heavy atom. The third kappa shape index (κ3) is 2.69. The highest BCUT2D eigenvalue weighted by Crippen LogP contribution is 2.31. The van der Waals surface area contributed by atoms with E-state index < -0.39 is 0 Å². The third-order valence-electron chi connectivity index (χ3n) is 4.27. The maximum Gasteiger partial charge on any atom is 0.232 e. The Bertz CT molecular complexity index is 290. The van der Waals surface area contributed by atoms with Gasteiger partial charge in [0.25, 0.3) is 0 Å². The van der Waals surface area contributed by atoms with Crippen molar-refractivity contribution in [3.8, 4) is 0 Å². The number of rotatable bonds is 3. The first-order valence-corrected chi connectivity index (χ1v) is 7.06. The lowest BCUT2D eigenvalue weighted by atomic mass is 9.84. The quantitative estimate of drug-likeness (QED) is 0.820. The van der Waals surface area contributed by atoms with Crippen molar-refractivity contribution in [2.45, 2.75) is 26.7 Å². The van der Waals surface area contributed by atoms with Crippen LogP contribution < -0.4 is 5.32 Å². The minimum absolute atomic E-state index is 0.299. The monoisotopic (exact) mass is 254 g/mol. The van der Waals surface area contributed by atoms with E-state index in [4.69, 9.17) is 4.74 Å². The van der Waals surface area contributed by atoms with Gasteiger partial charge in [-0.25, -0.2) is 0 Å². The van der Waals surface area contributed by atoms with Gasteiger partial charge in [0.1, 0.15) is 0 Å². The summed E-state index contributed by atoms with van der Waals surface area (Å²) in [6.45, 7) is 8.53. The van der Waals surface area contributed by atoms with Crippen LogP contribution in [0.4, 0.5) is 0 Å². The Morgan fingerprint density at radius 3 is 2.56 bits per heavy atom. The van der Waals surface area contributed by atoms with E-state index in [0.29, 0.717) is 24.3 Å². The third-order valence-corrected chi connectivity index (χ3v) is 4.27. The van der Waals surface area contributed by atoms with Gasteiger partial charge in [0, 0.05) is 26.7 Å². The molecule has 0 bridgehead atoms. The van der Waals surface area contributed by atoms with E-state index in [1.807, 2.05) is 0 Å². The molecule has 0 saturated carbocycles. The number of ether oxygens (including phenoxy) is 1. The minimum Gasteiger partial charge on any atom is -0.384 e. The molecule has 0 aromatic heterocycles. The van der Waals surface area contributed by atoms with E-state index in [1.54, 1.807) is 7.11 Å². The Hall–Kier alpha value is -0.610. The van der Waals surface area contributed by atoms with Crippen LogP contribution >= 0.6 is 0 Å². The summed E-state index contributed by atoms with van der Waals surface area (Å²) in [5.41, 5.74) is -0.314. The van der Waals surface area contributed by atoms with Crippen molar-refractivity contribution in [1.82, 2.24) is 10.2 Å². The second kappa shape index (κ2) is 5.57. The normalized spacial score (nSPS) is 36.9. The lowest BCUT2D eigenvalue weighted by Crippen LogP contribution is -2.52. The highest BCUT2D eigenvalue weighted by atomic mass is 16.5. The van der Waals surface area contributed by atoms with Gasteiger partial charge in [-0.2, -0.15) is 0 Å². The average Bonchev–Trinajstić information content (AvgIpc) is 2.77. The Morgan fingerprint density at radius 2 is 2.06 bits per heavy atom. The molecule has 104 valence electrons. The van der Waals surface area contributed by atoms with Crippen molar-refractivity contribution in [2.24, 2.45) is 17.3 Å². The second-order valence-electron chi connectivity index (χ2n) is 6.30. The van der Waals surface area contributed by atoms with Crippen molar-refractivity contribution in [1.29, 1.82) is 0 Å². The molecule has 2 fully saturated rings.